The SMILES string of the molecule is O=c1nc2ccc(C(F)(F)F)cc2c(C2CC2)[nH]1. The molecule has 1 aromatic heterocycles. The van der Waals surface area contributed by atoms with Crippen LogP contribution in [0.2, 0.25) is 0 Å². The molecule has 0 bridgehead atoms. The lowest BCUT2D eigenvalue weighted by molar-refractivity contribution is -0.137. The molecule has 94 valence electrons. The zero-order chi connectivity index (χ0) is 12.9. The van der Waals surface area contributed by atoms with E-state index < -0.39 is 17.4 Å². The molecule has 1 saturated carbocycles. The Labute approximate surface area is 99.7 Å². The van der Waals surface area contributed by atoms with Gasteiger partial charge in [-0.25, -0.2) is 4.79 Å². The Bertz CT molecular complexity index is 671. The van der Waals surface area contributed by atoms with Gasteiger partial charge in [-0.05, 0) is 37.0 Å². The number of hydrogen-bond donors (Lipinski definition) is 1. The second-order valence-corrected chi connectivity index (χ2v) is 4.46. The van der Waals surface area contributed by atoms with Gasteiger partial charge in [0.15, 0.2) is 0 Å². The fraction of sp³-hybridized carbons (Fsp3) is 0.333. The van der Waals surface area contributed by atoms with E-state index in [-0.39, 0.29) is 5.92 Å². The molecule has 0 atom stereocenters. The van der Waals surface area contributed by atoms with Crippen molar-refractivity contribution in [3.05, 3.63) is 39.9 Å². The summed E-state index contributed by atoms with van der Waals surface area (Å²) in [6.07, 6.45) is -2.60. The molecule has 0 aliphatic heterocycles. The van der Waals surface area contributed by atoms with Gasteiger partial charge in [-0.2, -0.15) is 18.2 Å². The van der Waals surface area contributed by atoms with Gasteiger partial charge in [0.1, 0.15) is 0 Å². The van der Waals surface area contributed by atoms with E-state index >= 15 is 0 Å². The average Bonchev–Trinajstić information content (AvgIpc) is 3.09. The Morgan fingerprint density at radius 2 is 2.00 bits per heavy atom. The summed E-state index contributed by atoms with van der Waals surface area (Å²) in [4.78, 5) is 17.6. The van der Waals surface area contributed by atoms with Gasteiger partial charge in [0, 0.05) is 11.1 Å². The monoisotopic (exact) mass is 254 g/mol. The highest BCUT2D eigenvalue weighted by Gasteiger charge is 2.32. The number of nitrogens with one attached hydrogen (secondary N) is 1. The molecule has 1 fully saturated rings. The maximum absolute atomic E-state index is 12.7. The molecule has 1 N–H and O–H groups in total. The number of hydrogen-bond acceptors (Lipinski definition) is 2. The van der Waals surface area contributed by atoms with Gasteiger partial charge >= 0.3 is 11.9 Å². The summed E-state index contributed by atoms with van der Waals surface area (Å²) in [5.41, 5.74) is -0.334. The summed E-state index contributed by atoms with van der Waals surface area (Å²) in [5, 5.41) is 0.395. The number of nitrogens with zero attached hydrogens (tertiary/aromatic N) is 1. The molecular weight excluding hydrogens is 245 g/mol. The lowest BCUT2D eigenvalue weighted by Crippen LogP contribution is -2.13. The summed E-state index contributed by atoms with van der Waals surface area (Å²) in [6, 6.07) is 3.26. The molecule has 3 rings (SSSR count). The molecule has 0 radical (unpaired) electrons. The summed E-state index contributed by atoms with van der Waals surface area (Å²) in [6.45, 7) is 0. The molecule has 1 heterocycles. The number of benzene rings is 1. The fourth-order valence-corrected chi connectivity index (χ4v) is 2.04. The first-order valence-corrected chi connectivity index (χ1v) is 5.56. The van der Waals surface area contributed by atoms with Crippen LogP contribution >= 0.6 is 0 Å². The molecule has 18 heavy (non-hydrogen) atoms. The molecule has 1 aromatic carbocycles. The maximum Gasteiger partial charge on any atom is 0.416 e. The zero-order valence-electron chi connectivity index (χ0n) is 9.21. The first-order chi connectivity index (χ1) is 8.45. The Morgan fingerprint density at radius 1 is 1.28 bits per heavy atom. The Hall–Kier alpha value is -1.85. The summed E-state index contributed by atoms with van der Waals surface area (Å²) in [5.74, 6) is 0.159. The van der Waals surface area contributed by atoms with Crippen LogP contribution in [0, 0.1) is 0 Å². The van der Waals surface area contributed by atoms with Crippen LogP contribution in [0.4, 0.5) is 13.2 Å². The molecule has 2 aromatic rings. The minimum Gasteiger partial charge on any atom is -0.309 e. The minimum absolute atomic E-state index is 0.159. The second kappa shape index (κ2) is 3.57. The van der Waals surface area contributed by atoms with Crippen molar-refractivity contribution in [2.75, 3.05) is 0 Å². The molecule has 1 aliphatic rings. The van der Waals surface area contributed by atoms with Crippen LogP contribution in [0.15, 0.2) is 23.0 Å². The van der Waals surface area contributed by atoms with Gasteiger partial charge in [-0.15, -0.1) is 0 Å². The molecule has 0 unspecified atom stereocenters. The summed E-state index contributed by atoms with van der Waals surface area (Å²) in [7, 11) is 0. The van der Waals surface area contributed by atoms with Gasteiger partial charge in [0.2, 0.25) is 0 Å². The third-order valence-corrected chi connectivity index (χ3v) is 3.06. The van der Waals surface area contributed by atoms with E-state index in [4.69, 9.17) is 0 Å². The van der Waals surface area contributed by atoms with Crippen LogP contribution in [-0.4, -0.2) is 9.97 Å². The van der Waals surface area contributed by atoms with E-state index in [9.17, 15) is 18.0 Å². The quantitative estimate of drug-likeness (QED) is 0.850. The van der Waals surface area contributed by atoms with E-state index in [0.29, 0.717) is 16.6 Å². The van der Waals surface area contributed by atoms with E-state index in [1.807, 2.05) is 0 Å². The third-order valence-electron chi connectivity index (χ3n) is 3.06. The number of rotatable bonds is 1. The lowest BCUT2D eigenvalue weighted by Gasteiger charge is -2.09. The van der Waals surface area contributed by atoms with Crippen molar-refractivity contribution in [2.24, 2.45) is 0 Å². The molecule has 6 heteroatoms. The van der Waals surface area contributed by atoms with Crippen LogP contribution in [-0.2, 0) is 6.18 Å². The molecule has 0 amide bonds. The number of fused-ring (bicyclic) bond motifs is 1. The molecule has 0 spiro atoms. The average molecular weight is 254 g/mol. The first kappa shape index (κ1) is 11.3. The van der Waals surface area contributed by atoms with Crippen LogP contribution in [0.25, 0.3) is 10.9 Å². The molecule has 1 aliphatic carbocycles. The Balaban J connectivity index is 2.28. The van der Waals surface area contributed by atoms with Crippen LogP contribution in [0.3, 0.4) is 0 Å². The fourth-order valence-electron chi connectivity index (χ4n) is 2.04. The first-order valence-electron chi connectivity index (χ1n) is 5.56. The van der Waals surface area contributed by atoms with Gasteiger partial charge < -0.3 is 4.98 Å². The normalized spacial score (nSPS) is 16.2. The van der Waals surface area contributed by atoms with Crippen molar-refractivity contribution >= 4 is 10.9 Å². The zero-order valence-corrected chi connectivity index (χ0v) is 9.21. The number of aromatic amines is 1. The number of aromatic nitrogens is 2. The van der Waals surface area contributed by atoms with E-state index in [0.717, 1.165) is 25.0 Å². The lowest BCUT2D eigenvalue weighted by atomic mass is 10.1. The molecule has 0 saturated heterocycles. The minimum atomic E-state index is -4.38. The highest BCUT2D eigenvalue weighted by molar-refractivity contribution is 5.82. The molecule has 3 nitrogen and oxygen atoms in total. The summed E-state index contributed by atoms with van der Waals surface area (Å²) >= 11 is 0. The van der Waals surface area contributed by atoms with Crippen molar-refractivity contribution in [1.82, 2.24) is 9.97 Å². The van der Waals surface area contributed by atoms with Crippen LogP contribution in [0.5, 0.6) is 0 Å². The predicted octanol–water partition coefficient (Wildman–Crippen LogP) is 2.82. The molecular formula is C12H9F3N2O. The Kier molecular flexibility index (Phi) is 2.23. The predicted molar refractivity (Wildman–Crippen MR) is 59.3 cm³/mol. The van der Waals surface area contributed by atoms with Crippen molar-refractivity contribution < 1.29 is 13.2 Å². The van der Waals surface area contributed by atoms with Crippen molar-refractivity contribution in [1.29, 1.82) is 0 Å². The maximum atomic E-state index is 12.7. The Morgan fingerprint density at radius 3 is 2.61 bits per heavy atom. The summed E-state index contributed by atoms with van der Waals surface area (Å²) < 4.78 is 38.0. The van der Waals surface area contributed by atoms with E-state index in [1.54, 1.807) is 0 Å². The highest BCUT2D eigenvalue weighted by Crippen LogP contribution is 2.42. The third kappa shape index (κ3) is 1.87. The standard InChI is InChI=1S/C12H9F3N2O/c13-12(14,15)7-3-4-9-8(5-7)10(6-1-2-6)17-11(18)16-9/h3-6H,1-2H2,(H,16,17,18). The number of H-pyrrole nitrogens is 1. The smallest absolute Gasteiger partial charge is 0.309 e. The largest absolute Gasteiger partial charge is 0.416 e. The second-order valence-electron chi connectivity index (χ2n) is 4.46. The van der Waals surface area contributed by atoms with E-state index in [2.05, 4.69) is 9.97 Å². The van der Waals surface area contributed by atoms with Gasteiger partial charge in [0.05, 0.1) is 11.1 Å². The topological polar surface area (TPSA) is 45.8 Å². The van der Waals surface area contributed by atoms with Gasteiger partial charge in [-0.3, -0.25) is 0 Å². The van der Waals surface area contributed by atoms with Crippen LogP contribution in [0.1, 0.15) is 30.0 Å². The van der Waals surface area contributed by atoms with Crippen molar-refractivity contribution in [3.63, 3.8) is 0 Å². The van der Waals surface area contributed by atoms with Gasteiger partial charge in [-0.1, -0.05) is 0 Å². The number of halogens is 3. The van der Waals surface area contributed by atoms with Gasteiger partial charge in [0.25, 0.3) is 0 Å². The number of alkyl halides is 3. The van der Waals surface area contributed by atoms with E-state index in [1.165, 1.54) is 6.07 Å². The van der Waals surface area contributed by atoms with Crippen molar-refractivity contribution in [3.8, 4) is 0 Å². The van der Waals surface area contributed by atoms with Crippen molar-refractivity contribution in [2.45, 2.75) is 24.9 Å². The highest BCUT2D eigenvalue weighted by atomic mass is 19.4. The van der Waals surface area contributed by atoms with Crippen LogP contribution < -0.4 is 5.69 Å².